The number of benzene rings is 2. The summed E-state index contributed by atoms with van der Waals surface area (Å²) in [7, 11) is -4.08. The first-order valence-electron chi connectivity index (χ1n) is 7.38. The van der Waals surface area contributed by atoms with Crippen LogP contribution in [0.4, 0.5) is 13.2 Å². The van der Waals surface area contributed by atoms with E-state index in [1.165, 1.54) is 12.1 Å². The van der Waals surface area contributed by atoms with E-state index in [2.05, 4.69) is 30.7 Å². The van der Waals surface area contributed by atoms with E-state index in [-0.39, 0.29) is 15.6 Å². The lowest BCUT2D eigenvalue weighted by Crippen LogP contribution is -2.05. The van der Waals surface area contributed by atoms with Crippen LogP contribution in [0.5, 0.6) is 0 Å². The number of nitrogens with zero attached hydrogens (tertiary/aromatic N) is 3. The maximum absolute atomic E-state index is 12.8. The lowest BCUT2D eigenvalue weighted by Gasteiger charge is -2.02. The normalized spacial score (nSPS) is 12.6. The molecule has 0 spiro atoms. The van der Waals surface area contributed by atoms with Crippen molar-refractivity contribution in [3.8, 4) is 11.4 Å². The van der Waals surface area contributed by atoms with Crippen LogP contribution in [0.2, 0.25) is 0 Å². The van der Waals surface area contributed by atoms with E-state index in [0.717, 1.165) is 6.07 Å². The standard InChI is InChI=1S/C16H8F3N4O3S/c17-16(18,19)14-22-13(23-26-14)9-4-3-5-10(8-9)27(24,25)15-20-11-6-1-2-7-12(11)21-15/h1-4,6-8H,(H,20,21). The van der Waals surface area contributed by atoms with E-state index in [4.69, 9.17) is 0 Å². The lowest BCUT2D eigenvalue weighted by molar-refractivity contribution is -0.159. The van der Waals surface area contributed by atoms with Crippen molar-refractivity contribution in [3.63, 3.8) is 0 Å². The molecule has 0 amide bonds. The number of H-pyrrole nitrogens is 1. The van der Waals surface area contributed by atoms with Gasteiger partial charge in [-0.25, -0.2) is 13.4 Å². The molecule has 0 aliphatic rings. The summed E-state index contributed by atoms with van der Waals surface area (Å²) in [4.78, 5) is 9.69. The van der Waals surface area contributed by atoms with Crippen molar-refractivity contribution in [3.05, 3.63) is 54.4 Å². The highest BCUT2D eigenvalue weighted by Crippen LogP contribution is 2.30. The minimum Gasteiger partial charge on any atom is -0.329 e. The molecule has 137 valence electrons. The molecule has 0 unspecified atom stereocenters. The van der Waals surface area contributed by atoms with E-state index in [9.17, 15) is 21.6 Å². The van der Waals surface area contributed by atoms with Crippen LogP contribution in [-0.2, 0) is 16.0 Å². The van der Waals surface area contributed by atoms with Crippen molar-refractivity contribution in [1.29, 1.82) is 0 Å². The van der Waals surface area contributed by atoms with Gasteiger partial charge in [-0.1, -0.05) is 29.4 Å². The van der Waals surface area contributed by atoms with Gasteiger partial charge in [0, 0.05) is 11.6 Å². The highest BCUT2D eigenvalue weighted by molar-refractivity contribution is 7.91. The van der Waals surface area contributed by atoms with Gasteiger partial charge in [0.05, 0.1) is 15.9 Å². The highest BCUT2D eigenvalue weighted by Gasteiger charge is 2.38. The van der Waals surface area contributed by atoms with Crippen LogP contribution in [-0.4, -0.2) is 28.5 Å². The number of sulfone groups is 1. The molecule has 0 fully saturated rings. The van der Waals surface area contributed by atoms with E-state index < -0.39 is 27.7 Å². The molecular formula is C16H8F3N4O3S. The molecule has 2 heterocycles. The molecule has 0 aliphatic carbocycles. The van der Waals surface area contributed by atoms with Crippen LogP contribution in [0.25, 0.3) is 22.4 Å². The van der Waals surface area contributed by atoms with Gasteiger partial charge in [-0.15, -0.1) is 0 Å². The minimum absolute atomic E-state index is 0.0303. The summed E-state index contributed by atoms with van der Waals surface area (Å²) < 4.78 is 67.5. The molecule has 1 N–H and O–H groups in total. The Morgan fingerprint density at radius 3 is 2.59 bits per heavy atom. The third kappa shape index (κ3) is 3.05. The van der Waals surface area contributed by atoms with Crippen LogP contribution in [0.15, 0.2) is 57.0 Å². The molecule has 0 saturated carbocycles. The quantitative estimate of drug-likeness (QED) is 0.573. The topological polar surface area (TPSA) is 102 Å². The first-order chi connectivity index (χ1) is 12.7. The van der Waals surface area contributed by atoms with Crippen LogP contribution in [0, 0.1) is 6.07 Å². The maximum Gasteiger partial charge on any atom is 0.471 e. The maximum atomic E-state index is 12.8. The zero-order chi connectivity index (χ0) is 19.2. The Balaban J connectivity index is 1.76. The smallest absolute Gasteiger partial charge is 0.329 e. The summed E-state index contributed by atoms with van der Waals surface area (Å²) in [6.45, 7) is 0. The van der Waals surface area contributed by atoms with Gasteiger partial charge in [0.2, 0.25) is 20.8 Å². The monoisotopic (exact) mass is 393 g/mol. The number of para-hydroxylation sites is 2. The number of hydrogen-bond acceptors (Lipinski definition) is 6. The Bertz CT molecular complexity index is 1210. The molecule has 11 heteroatoms. The second-order valence-electron chi connectivity index (χ2n) is 5.43. The fourth-order valence-corrected chi connectivity index (χ4v) is 3.53. The molecule has 2 aromatic heterocycles. The molecule has 4 aromatic rings. The predicted octanol–water partition coefficient (Wildman–Crippen LogP) is 3.26. The SMILES string of the molecule is O=S(=O)(c1[c]ccc(-c2noc(C(F)(F)F)n2)c1)c1nc2ccccc2[nH]1. The predicted molar refractivity (Wildman–Crippen MR) is 85.1 cm³/mol. The Morgan fingerprint density at radius 2 is 1.89 bits per heavy atom. The highest BCUT2D eigenvalue weighted by atomic mass is 32.2. The molecule has 27 heavy (non-hydrogen) atoms. The Morgan fingerprint density at radius 1 is 1.11 bits per heavy atom. The van der Waals surface area contributed by atoms with E-state index >= 15 is 0 Å². The van der Waals surface area contributed by atoms with Crippen molar-refractivity contribution >= 4 is 20.9 Å². The molecule has 0 aliphatic heterocycles. The summed E-state index contributed by atoms with van der Waals surface area (Å²) in [5, 5.41) is 2.94. The number of rotatable bonds is 3. The molecular weight excluding hydrogens is 385 g/mol. The van der Waals surface area contributed by atoms with Crippen LogP contribution in [0.1, 0.15) is 5.89 Å². The average molecular weight is 393 g/mol. The van der Waals surface area contributed by atoms with Crippen LogP contribution < -0.4 is 0 Å². The van der Waals surface area contributed by atoms with Crippen molar-refractivity contribution < 1.29 is 26.1 Å². The Labute approximate surface area is 149 Å². The zero-order valence-electron chi connectivity index (χ0n) is 13.1. The number of aromatic amines is 1. The van der Waals surface area contributed by atoms with Gasteiger partial charge in [0.15, 0.2) is 0 Å². The molecule has 1 radical (unpaired) electrons. The average Bonchev–Trinajstić information content (AvgIpc) is 3.29. The van der Waals surface area contributed by atoms with Crippen molar-refractivity contribution in [2.75, 3.05) is 0 Å². The minimum atomic E-state index is -4.80. The Hall–Kier alpha value is -3.21. The molecule has 0 bridgehead atoms. The summed E-state index contributed by atoms with van der Waals surface area (Å²) in [6.07, 6.45) is -4.80. The van der Waals surface area contributed by atoms with E-state index in [1.807, 2.05) is 0 Å². The molecule has 7 nitrogen and oxygen atoms in total. The fraction of sp³-hybridized carbons (Fsp3) is 0.0625. The number of halogens is 3. The van der Waals surface area contributed by atoms with E-state index in [0.29, 0.717) is 11.0 Å². The van der Waals surface area contributed by atoms with Gasteiger partial charge in [-0.05, 0) is 18.2 Å². The largest absolute Gasteiger partial charge is 0.471 e. The second kappa shape index (κ2) is 5.91. The second-order valence-corrected chi connectivity index (χ2v) is 7.26. The number of hydrogen-bond donors (Lipinski definition) is 1. The first kappa shape index (κ1) is 17.2. The summed E-state index contributed by atoms with van der Waals surface area (Å²) in [6, 6.07) is 13.0. The van der Waals surface area contributed by atoms with Gasteiger partial charge >= 0.3 is 12.1 Å². The summed E-state index contributed by atoms with van der Waals surface area (Å²) >= 11 is 0. The molecule has 0 saturated heterocycles. The molecule has 4 rings (SSSR count). The number of alkyl halides is 3. The van der Waals surface area contributed by atoms with Crippen molar-refractivity contribution in [2.45, 2.75) is 16.2 Å². The van der Waals surface area contributed by atoms with Crippen molar-refractivity contribution in [2.24, 2.45) is 0 Å². The molecule has 0 atom stereocenters. The van der Waals surface area contributed by atoms with Gasteiger partial charge in [-0.2, -0.15) is 18.2 Å². The number of fused-ring (bicyclic) bond motifs is 1. The first-order valence-corrected chi connectivity index (χ1v) is 8.86. The summed E-state index contributed by atoms with van der Waals surface area (Å²) in [5.74, 6) is -1.91. The number of nitrogens with one attached hydrogen (secondary N) is 1. The van der Waals surface area contributed by atoms with Gasteiger partial charge < -0.3 is 9.51 Å². The van der Waals surface area contributed by atoms with Crippen LogP contribution >= 0.6 is 0 Å². The number of imidazole rings is 1. The van der Waals surface area contributed by atoms with Crippen molar-refractivity contribution in [1.82, 2.24) is 20.1 Å². The Kier molecular flexibility index (Phi) is 3.77. The third-order valence-electron chi connectivity index (χ3n) is 3.61. The van der Waals surface area contributed by atoms with Gasteiger partial charge in [0.1, 0.15) is 0 Å². The third-order valence-corrected chi connectivity index (χ3v) is 5.13. The zero-order valence-corrected chi connectivity index (χ0v) is 14.0. The van der Waals surface area contributed by atoms with Crippen LogP contribution in [0.3, 0.4) is 0 Å². The number of aromatic nitrogens is 4. The summed E-state index contributed by atoms with van der Waals surface area (Å²) in [5.41, 5.74) is 1.02. The van der Waals surface area contributed by atoms with E-state index in [1.54, 1.807) is 24.3 Å². The molecule has 2 aromatic carbocycles. The fourth-order valence-electron chi connectivity index (χ4n) is 2.36. The van der Waals surface area contributed by atoms with Gasteiger partial charge in [-0.3, -0.25) is 0 Å². The van der Waals surface area contributed by atoms with Gasteiger partial charge in [0.25, 0.3) is 0 Å². The lowest BCUT2D eigenvalue weighted by atomic mass is 10.2.